The molecule has 8 nitrogen and oxygen atoms in total. The Balaban J connectivity index is 1.36. The number of carbonyl (C=O) groups excluding carboxylic acids is 1. The van der Waals surface area contributed by atoms with Crippen LogP contribution in [0.1, 0.15) is 53.5 Å². The Kier molecular flexibility index (Phi) is 8.99. The largest absolute Gasteiger partial charge is 0.493 e. The van der Waals surface area contributed by atoms with Crippen molar-refractivity contribution in [3.05, 3.63) is 94.2 Å². The van der Waals surface area contributed by atoms with Crippen LogP contribution in [0.2, 0.25) is 5.02 Å². The number of furan rings is 1. The summed E-state index contributed by atoms with van der Waals surface area (Å²) in [6.45, 7) is 8.29. The average molecular weight is 550 g/mol. The van der Waals surface area contributed by atoms with Gasteiger partial charge in [0.1, 0.15) is 18.1 Å². The van der Waals surface area contributed by atoms with E-state index in [1.54, 1.807) is 24.3 Å². The highest BCUT2D eigenvalue weighted by atomic mass is 35.5. The molecule has 0 aliphatic heterocycles. The summed E-state index contributed by atoms with van der Waals surface area (Å²) in [4.78, 5) is 12.6. The van der Waals surface area contributed by atoms with E-state index in [1.165, 1.54) is 24.7 Å². The molecule has 0 spiro atoms. The molecule has 4 aromatic rings. The van der Waals surface area contributed by atoms with Gasteiger partial charge in [0.15, 0.2) is 17.3 Å². The second-order valence-corrected chi connectivity index (χ2v) is 9.50. The minimum Gasteiger partial charge on any atom is -0.493 e. The smallest absolute Gasteiger partial charge is 0.307 e. The van der Waals surface area contributed by atoms with Gasteiger partial charge in [-0.25, -0.2) is 5.43 Å². The number of ether oxygens (including phenoxy) is 3. The molecule has 2 heterocycles. The predicted octanol–water partition coefficient (Wildman–Crippen LogP) is 6.87. The van der Waals surface area contributed by atoms with Gasteiger partial charge in [0.05, 0.1) is 19.4 Å². The highest BCUT2D eigenvalue weighted by Crippen LogP contribution is 2.35. The number of aromatic nitrogens is 1. The van der Waals surface area contributed by atoms with Gasteiger partial charge in [-0.1, -0.05) is 18.5 Å². The molecule has 1 atom stereocenters. The molecule has 39 heavy (non-hydrogen) atoms. The van der Waals surface area contributed by atoms with E-state index in [2.05, 4.69) is 41.1 Å². The number of benzene rings is 2. The molecule has 1 amide bonds. The van der Waals surface area contributed by atoms with Gasteiger partial charge in [-0.3, -0.25) is 4.79 Å². The lowest BCUT2D eigenvalue weighted by Gasteiger charge is -2.17. The number of rotatable bonds is 11. The van der Waals surface area contributed by atoms with Crippen LogP contribution in [0.3, 0.4) is 0 Å². The molecule has 0 radical (unpaired) electrons. The molecule has 2 aromatic heterocycles. The maximum Gasteiger partial charge on any atom is 0.307 e. The lowest BCUT2D eigenvalue weighted by Crippen LogP contribution is -2.17. The molecule has 1 N–H and O–H groups in total. The summed E-state index contributed by atoms with van der Waals surface area (Å²) < 4.78 is 25.1. The molecule has 204 valence electrons. The van der Waals surface area contributed by atoms with Crippen LogP contribution in [-0.4, -0.2) is 29.9 Å². The fraction of sp³-hybridized carbons (Fsp3) is 0.267. The number of carbonyl (C=O) groups is 1. The number of methoxy groups -OCH3 is 1. The molecule has 0 unspecified atom stereocenters. The van der Waals surface area contributed by atoms with Crippen LogP contribution < -0.4 is 19.6 Å². The van der Waals surface area contributed by atoms with Gasteiger partial charge in [-0.15, -0.1) is 0 Å². The van der Waals surface area contributed by atoms with Crippen molar-refractivity contribution in [1.82, 2.24) is 9.99 Å². The summed E-state index contributed by atoms with van der Waals surface area (Å²) >= 11 is 6.22. The number of hydrogen-bond donors (Lipinski definition) is 1. The number of hydrogen-bond acceptors (Lipinski definition) is 6. The van der Waals surface area contributed by atoms with Gasteiger partial charge < -0.3 is 23.2 Å². The summed E-state index contributed by atoms with van der Waals surface area (Å²) in [6.07, 6.45) is 2.22. The van der Waals surface area contributed by atoms with Crippen molar-refractivity contribution in [3.63, 3.8) is 0 Å². The van der Waals surface area contributed by atoms with E-state index in [1.807, 2.05) is 38.1 Å². The van der Waals surface area contributed by atoms with Crippen LogP contribution in [0.15, 0.2) is 70.2 Å². The van der Waals surface area contributed by atoms with Crippen molar-refractivity contribution in [2.24, 2.45) is 5.10 Å². The van der Waals surface area contributed by atoms with E-state index in [-0.39, 0.29) is 18.5 Å². The average Bonchev–Trinajstić information content (AvgIpc) is 3.54. The van der Waals surface area contributed by atoms with Gasteiger partial charge in [-0.2, -0.15) is 5.10 Å². The molecular weight excluding hydrogens is 518 g/mol. The van der Waals surface area contributed by atoms with Crippen LogP contribution in [0.4, 0.5) is 0 Å². The number of hydrazone groups is 1. The lowest BCUT2D eigenvalue weighted by atomic mass is 10.2. The highest BCUT2D eigenvalue weighted by Gasteiger charge is 2.15. The topological polar surface area (TPSA) is 87.2 Å². The molecular formula is C30H32ClN3O5. The fourth-order valence-electron chi connectivity index (χ4n) is 3.96. The van der Waals surface area contributed by atoms with E-state index in [0.29, 0.717) is 33.6 Å². The molecule has 0 fully saturated rings. The Hall–Kier alpha value is -4.17. The van der Waals surface area contributed by atoms with Crippen molar-refractivity contribution < 1.29 is 23.4 Å². The predicted molar refractivity (Wildman–Crippen MR) is 152 cm³/mol. The van der Waals surface area contributed by atoms with E-state index in [9.17, 15) is 4.79 Å². The highest BCUT2D eigenvalue weighted by molar-refractivity contribution is 6.31. The van der Waals surface area contributed by atoms with E-state index < -0.39 is 5.91 Å². The number of amides is 1. The van der Waals surface area contributed by atoms with Gasteiger partial charge >= 0.3 is 5.91 Å². The van der Waals surface area contributed by atoms with E-state index >= 15 is 0 Å². The second-order valence-electron chi connectivity index (χ2n) is 9.06. The molecule has 4 rings (SSSR count). The van der Waals surface area contributed by atoms with Crippen LogP contribution in [0.25, 0.3) is 5.69 Å². The first kappa shape index (κ1) is 27.9. The zero-order valence-corrected chi connectivity index (χ0v) is 23.4. The van der Waals surface area contributed by atoms with Gasteiger partial charge in [0.2, 0.25) is 0 Å². The molecule has 0 saturated heterocycles. The third-order valence-corrected chi connectivity index (χ3v) is 6.38. The Bertz CT molecular complexity index is 1440. The van der Waals surface area contributed by atoms with E-state index in [0.717, 1.165) is 12.1 Å². The Labute approximate surface area is 233 Å². The summed E-state index contributed by atoms with van der Waals surface area (Å²) in [5, 5.41) is 4.52. The second kappa shape index (κ2) is 12.6. The van der Waals surface area contributed by atoms with Crippen molar-refractivity contribution >= 4 is 23.7 Å². The maximum atomic E-state index is 12.6. The molecule has 9 heteroatoms. The van der Waals surface area contributed by atoms with Crippen LogP contribution >= 0.6 is 11.6 Å². The zero-order valence-electron chi connectivity index (χ0n) is 22.7. The monoisotopic (exact) mass is 549 g/mol. The first-order valence-corrected chi connectivity index (χ1v) is 13.0. The first-order chi connectivity index (χ1) is 18.8. The molecule has 0 bridgehead atoms. The van der Waals surface area contributed by atoms with Gasteiger partial charge in [0.25, 0.3) is 0 Å². The SMILES string of the molecule is CC[C@@H](C)Oc1c(C=NNC(=O)c2ccc(COc3ccc(-n4c(C)ccc4C)cc3)o2)cc(Cl)cc1OC. The van der Waals surface area contributed by atoms with Gasteiger partial charge in [-0.05, 0) is 81.8 Å². The van der Waals surface area contributed by atoms with Crippen LogP contribution in [0, 0.1) is 13.8 Å². The van der Waals surface area contributed by atoms with Crippen molar-refractivity contribution in [3.8, 4) is 22.9 Å². The van der Waals surface area contributed by atoms with Crippen molar-refractivity contribution in [2.75, 3.05) is 7.11 Å². The van der Waals surface area contributed by atoms with Crippen molar-refractivity contribution in [2.45, 2.75) is 46.8 Å². The Morgan fingerprint density at radius 2 is 1.82 bits per heavy atom. The van der Waals surface area contributed by atoms with Gasteiger partial charge in [0, 0.05) is 33.7 Å². The zero-order chi connectivity index (χ0) is 27.9. The maximum absolute atomic E-state index is 12.6. The first-order valence-electron chi connectivity index (χ1n) is 12.6. The fourth-order valence-corrected chi connectivity index (χ4v) is 4.18. The third kappa shape index (κ3) is 6.83. The molecule has 0 aliphatic rings. The Morgan fingerprint density at radius 1 is 1.10 bits per heavy atom. The standard InChI is InChI=1S/C30H32ClN3O5/c1-6-21(4)38-29-22(15-23(31)16-28(29)36-5)17-32-33-30(35)27-14-13-26(39-27)18-37-25-11-9-24(10-12-25)34-19(2)7-8-20(34)3/h7-17,21H,6,18H2,1-5H3,(H,33,35)/t21-/m1/s1. The third-order valence-electron chi connectivity index (χ3n) is 6.16. The summed E-state index contributed by atoms with van der Waals surface area (Å²) in [7, 11) is 1.54. The number of aryl methyl sites for hydroxylation is 2. The number of nitrogens with zero attached hydrogens (tertiary/aromatic N) is 2. The normalized spacial score (nSPS) is 11.9. The van der Waals surface area contributed by atoms with Crippen LogP contribution in [-0.2, 0) is 6.61 Å². The molecule has 0 aliphatic carbocycles. The minimum atomic E-state index is -0.502. The summed E-state index contributed by atoms with van der Waals surface area (Å²) in [6, 6.07) is 18.6. The Morgan fingerprint density at radius 3 is 2.49 bits per heavy atom. The lowest BCUT2D eigenvalue weighted by molar-refractivity contribution is 0.0923. The summed E-state index contributed by atoms with van der Waals surface area (Å²) in [5.41, 5.74) is 6.44. The van der Waals surface area contributed by atoms with E-state index in [4.69, 9.17) is 30.2 Å². The minimum absolute atomic E-state index is 0.0451. The summed E-state index contributed by atoms with van der Waals surface area (Å²) in [5.74, 6) is 1.79. The van der Waals surface area contributed by atoms with Crippen molar-refractivity contribution in [1.29, 1.82) is 0 Å². The quantitative estimate of drug-likeness (QED) is 0.163. The molecule has 2 aromatic carbocycles. The number of halogens is 1. The number of nitrogens with one attached hydrogen (secondary N) is 1. The van der Waals surface area contributed by atoms with Crippen LogP contribution in [0.5, 0.6) is 17.2 Å². The molecule has 0 saturated carbocycles.